The van der Waals surface area contributed by atoms with Gasteiger partial charge in [0.1, 0.15) is 10.7 Å². The molecule has 3 aromatic rings. The highest BCUT2D eigenvalue weighted by molar-refractivity contribution is 7.19. The maximum atomic E-state index is 10.6. The number of fused-ring (bicyclic) bond motifs is 5. The van der Waals surface area contributed by atoms with Gasteiger partial charge in [0.15, 0.2) is 11.5 Å². The van der Waals surface area contributed by atoms with Gasteiger partial charge in [-0.2, -0.15) is 4.52 Å². The summed E-state index contributed by atoms with van der Waals surface area (Å²) in [6, 6.07) is 0. The zero-order valence-corrected chi connectivity index (χ0v) is 13.7. The molecule has 6 nitrogen and oxygen atoms in total. The molecule has 23 heavy (non-hydrogen) atoms. The summed E-state index contributed by atoms with van der Waals surface area (Å²) in [5.41, 5.74) is 2.10. The summed E-state index contributed by atoms with van der Waals surface area (Å²) in [6.07, 6.45) is 5.78. The lowest BCUT2D eigenvalue weighted by molar-refractivity contribution is -0.297. The number of nitrogens with zero attached hydrogens (tertiary/aromatic N) is 4. The number of rotatable bonds is 2. The highest BCUT2D eigenvalue weighted by atomic mass is 32.1. The molecule has 0 fully saturated rings. The molecule has 7 heteroatoms. The largest absolute Gasteiger partial charge is 0.545 e. The van der Waals surface area contributed by atoms with Gasteiger partial charge in [0, 0.05) is 4.88 Å². The highest BCUT2D eigenvalue weighted by Gasteiger charge is 2.25. The number of hydrogen-bond acceptors (Lipinski definition) is 6. The minimum absolute atomic E-state index is 0.356. The van der Waals surface area contributed by atoms with Gasteiger partial charge in [-0.05, 0) is 49.8 Å². The molecule has 0 aromatic carbocycles. The first kappa shape index (κ1) is 14.3. The Bertz CT molecular complexity index is 970. The van der Waals surface area contributed by atoms with Crippen molar-refractivity contribution in [1.82, 2.24) is 19.6 Å². The second kappa shape index (κ2) is 5.13. The van der Waals surface area contributed by atoms with E-state index in [1.54, 1.807) is 15.9 Å². The maximum Gasteiger partial charge on any atom is 0.175 e. The van der Waals surface area contributed by atoms with Crippen LogP contribution >= 0.6 is 11.3 Å². The SMILES string of the molecule is Cc1nc2sc3c(c2c2nc(/C=C/C(=O)[O-])nn12)[C@H](C)CCC3. The van der Waals surface area contributed by atoms with Crippen LogP contribution in [0.15, 0.2) is 6.08 Å². The third-order valence-electron chi connectivity index (χ3n) is 4.32. The number of hydrogen-bond donors (Lipinski definition) is 0. The van der Waals surface area contributed by atoms with Crippen molar-refractivity contribution in [2.75, 3.05) is 0 Å². The predicted octanol–water partition coefficient (Wildman–Crippen LogP) is 1.85. The summed E-state index contributed by atoms with van der Waals surface area (Å²) in [7, 11) is 0. The number of aromatic nitrogens is 4. The number of carbonyl (C=O) groups is 1. The number of aryl methyl sites for hydroxylation is 2. The number of carbonyl (C=O) groups excluding carboxylic acids is 1. The zero-order valence-electron chi connectivity index (χ0n) is 12.9. The van der Waals surface area contributed by atoms with Crippen LogP contribution in [0.25, 0.3) is 21.9 Å². The van der Waals surface area contributed by atoms with Crippen LogP contribution in [0.3, 0.4) is 0 Å². The summed E-state index contributed by atoms with van der Waals surface area (Å²) in [6.45, 7) is 4.13. The van der Waals surface area contributed by atoms with Crippen LogP contribution in [0.2, 0.25) is 0 Å². The second-order valence-electron chi connectivity index (χ2n) is 5.93. The monoisotopic (exact) mass is 327 g/mol. The van der Waals surface area contributed by atoms with Gasteiger partial charge < -0.3 is 9.90 Å². The van der Waals surface area contributed by atoms with Gasteiger partial charge in [0.05, 0.1) is 11.4 Å². The third-order valence-corrected chi connectivity index (χ3v) is 5.48. The molecule has 1 atom stereocenters. The number of carboxylic acid groups (broad SMARTS) is 1. The zero-order chi connectivity index (χ0) is 16.1. The molecule has 3 aromatic heterocycles. The third kappa shape index (κ3) is 2.23. The molecule has 0 bridgehead atoms. The van der Waals surface area contributed by atoms with Gasteiger partial charge in [-0.15, -0.1) is 16.4 Å². The van der Waals surface area contributed by atoms with Crippen molar-refractivity contribution in [3.8, 4) is 0 Å². The van der Waals surface area contributed by atoms with E-state index in [0.29, 0.717) is 11.7 Å². The average Bonchev–Trinajstić information content (AvgIpc) is 3.06. The summed E-state index contributed by atoms with van der Waals surface area (Å²) >= 11 is 1.75. The minimum Gasteiger partial charge on any atom is -0.545 e. The lowest BCUT2D eigenvalue weighted by atomic mass is 9.87. The van der Waals surface area contributed by atoms with Crippen molar-refractivity contribution >= 4 is 39.2 Å². The van der Waals surface area contributed by atoms with E-state index in [9.17, 15) is 9.90 Å². The van der Waals surface area contributed by atoms with E-state index in [2.05, 4.69) is 22.0 Å². The van der Waals surface area contributed by atoms with Crippen LogP contribution in [0.4, 0.5) is 0 Å². The molecule has 0 radical (unpaired) electrons. The molecule has 1 aliphatic carbocycles. The quantitative estimate of drug-likeness (QED) is 0.671. The first-order valence-corrected chi connectivity index (χ1v) is 8.44. The molecule has 118 valence electrons. The van der Waals surface area contributed by atoms with Crippen molar-refractivity contribution in [3.05, 3.63) is 28.2 Å². The van der Waals surface area contributed by atoms with Crippen LogP contribution < -0.4 is 5.11 Å². The van der Waals surface area contributed by atoms with E-state index in [1.807, 2.05) is 6.92 Å². The van der Waals surface area contributed by atoms with Gasteiger partial charge in [-0.1, -0.05) is 6.92 Å². The molecule has 0 saturated carbocycles. The standard InChI is InChI=1S/C16H16N4O2S/c1-8-4-3-5-10-13(8)14-15-18-11(6-7-12(21)22)19-20(15)9(2)17-16(14)23-10/h6-8H,3-5H2,1-2H3,(H,21,22)/p-1/b7-6+/t8-/m1/s1. The van der Waals surface area contributed by atoms with Crippen molar-refractivity contribution in [2.45, 2.75) is 39.0 Å². The molecule has 1 aliphatic rings. The molecule has 4 rings (SSSR count). The van der Waals surface area contributed by atoms with Crippen LogP contribution in [-0.4, -0.2) is 25.6 Å². The highest BCUT2D eigenvalue weighted by Crippen LogP contribution is 2.42. The predicted molar refractivity (Wildman–Crippen MR) is 86.3 cm³/mol. The van der Waals surface area contributed by atoms with Crippen LogP contribution in [0.5, 0.6) is 0 Å². The van der Waals surface area contributed by atoms with Crippen molar-refractivity contribution in [3.63, 3.8) is 0 Å². The van der Waals surface area contributed by atoms with E-state index in [-0.39, 0.29) is 0 Å². The van der Waals surface area contributed by atoms with Crippen molar-refractivity contribution in [2.24, 2.45) is 0 Å². The Labute approximate surface area is 136 Å². The molecule has 0 N–H and O–H groups in total. The maximum absolute atomic E-state index is 10.6. The van der Waals surface area contributed by atoms with E-state index in [1.165, 1.54) is 29.4 Å². The van der Waals surface area contributed by atoms with Gasteiger partial charge in [-0.25, -0.2) is 9.97 Å². The molecular formula is C16H15N4O2S-. The van der Waals surface area contributed by atoms with E-state index >= 15 is 0 Å². The topological polar surface area (TPSA) is 83.2 Å². The first-order chi connectivity index (χ1) is 11.0. The Morgan fingerprint density at radius 2 is 2.26 bits per heavy atom. The molecule has 0 aliphatic heterocycles. The van der Waals surface area contributed by atoms with Crippen LogP contribution in [0.1, 0.15) is 47.8 Å². The average molecular weight is 327 g/mol. The van der Waals surface area contributed by atoms with Crippen LogP contribution in [-0.2, 0) is 11.2 Å². The molecular weight excluding hydrogens is 312 g/mol. The summed E-state index contributed by atoms with van der Waals surface area (Å²) in [4.78, 5) is 22.2. The normalized spacial score (nSPS) is 18.1. The Kier molecular flexibility index (Phi) is 3.19. The van der Waals surface area contributed by atoms with Crippen molar-refractivity contribution in [1.29, 1.82) is 0 Å². The molecule has 0 amide bonds. The number of thiophene rings is 1. The summed E-state index contributed by atoms with van der Waals surface area (Å²) in [5.74, 6) is 0.333. The van der Waals surface area contributed by atoms with E-state index < -0.39 is 5.97 Å². The van der Waals surface area contributed by atoms with E-state index in [4.69, 9.17) is 0 Å². The van der Waals surface area contributed by atoms with E-state index in [0.717, 1.165) is 34.2 Å². The molecule has 0 unspecified atom stereocenters. The molecule has 3 heterocycles. The first-order valence-electron chi connectivity index (χ1n) is 7.62. The second-order valence-corrected chi connectivity index (χ2v) is 7.01. The summed E-state index contributed by atoms with van der Waals surface area (Å²) < 4.78 is 1.70. The number of carboxylic acids is 1. The Morgan fingerprint density at radius 3 is 3.04 bits per heavy atom. The fraction of sp³-hybridized carbons (Fsp3) is 0.375. The Hall–Kier alpha value is -2.28. The van der Waals surface area contributed by atoms with Gasteiger partial charge >= 0.3 is 0 Å². The van der Waals surface area contributed by atoms with Crippen LogP contribution in [0, 0.1) is 6.92 Å². The molecule has 0 spiro atoms. The lowest BCUT2D eigenvalue weighted by Gasteiger charge is -2.18. The fourth-order valence-corrected chi connectivity index (χ4v) is 4.69. The molecule has 0 saturated heterocycles. The fourth-order valence-electron chi connectivity index (χ4n) is 3.32. The van der Waals surface area contributed by atoms with Crippen molar-refractivity contribution < 1.29 is 9.90 Å². The Morgan fingerprint density at radius 1 is 1.43 bits per heavy atom. The minimum atomic E-state index is -1.26. The summed E-state index contributed by atoms with van der Waals surface area (Å²) in [5, 5.41) is 16.0. The van der Waals surface area contributed by atoms with Gasteiger partial charge in [0.25, 0.3) is 0 Å². The number of aliphatic carboxylic acids is 1. The smallest absolute Gasteiger partial charge is 0.175 e. The van der Waals surface area contributed by atoms with Gasteiger partial charge in [-0.3, -0.25) is 0 Å². The Balaban J connectivity index is 2.03. The lowest BCUT2D eigenvalue weighted by Crippen LogP contribution is -2.18. The van der Waals surface area contributed by atoms with Gasteiger partial charge in [0.2, 0.25) is 0 Å².